The first-order chi connectivity index (χ1) is 10.7. The van der Waals surface area contributed by atoms with Crippen LogP contribution < -0.4 is 5.73 Å². The summed E-state index contributed by atoms with van der Waals surface area (Å²) in [5, 5.41) is 1.34. The Bertz CT molecular complexity index is 803. The molecule has 1 heterocycles. The van der Waals surface area contributed by atoms with Crippen molar-refractivity contribution in [2.75, 3.05) is 0 Å². The van der Waals surface area contributed by atoms with Crippen molar-refractivity contribution < 1.29 is 0 Å². The minimum atomic E-state index is -0.312. The quantitative estimate of drug-likeness (QED) is 0.718. The average Bonchev–Trinajstić information content (AvgIpc) is 2.96. The van der Waals surface area contributed by atoms with E-state index < -0.39 is 0 Å². The second kappa shape index (κ2) is 4.99. The third-order valence-electron chi connectivity index (χ3n) is 5.37. The van der Waals surface area contributed by atoms with Crippen LogP contribution in [0, 0.1) is 0 Å². The van der Waals surface area contributed by atoms with Gasteiger partial charge < -0.3 is 10.7 Å². The minimum Gasteiger partial charge on any atom is -0.357 e. The molecule has 2 nitrogen and oxygen atoms in total. The van der Waals surface area contributed by atoms with Crippen molar-refractivity contribution in [3.63, 3.8) is 0 Å². The van der Waals surface area contributed by atoms with Gasteiger partial charge in [0.2, 0.25) is 0 Å². The number of rotatable bonds is 2. The number of nitrogens with two attached hydrogens (primary N) is 1. The van der Waals surface area contributed by atoms with E-state index in [4.69, 9.17) is 5.73 Å². The molecule has 3 N–H and O–H groups in total. The van der Waals surface area contributed by atoms with Crippen LogP contribution in [0.2, 0.25) is 0 Å². The zero-order chi connectivity index (χ0) is 15.2. The number of nitrogens with one attached hydrogen (secondary N) is 1. The second-order valence-corrected chi connectivity index (χ2v) is 6.55. The standard InChI is InChI=1S/C20H22N2/c1-14(15-8-3-2-4-9-15)20(21)13-7-11-17-16-10-5-6-12-18(16)22-19(17)20/h2-6,8-10,12,14,22H,7,11,13,21H2,1H3/t14-,20?/m0/s1. The second-order valence-electron chi connectivity index (χ2n) is 6.55. The normalized spacial score (nSPS) is 22.5. The van der Waals surface area contributed by atoms with Gasteiger partial charge in [-0.2, -0.15) is 0 Å². The van der Waals surface area contributed by atoms with E-state index in [0.717, 1.165) is 19.3 Å². The summed E-state index contributed by atoms with van der Waals surface area (Å²) in [7, 11) is 0. The number of fused-ring (bicyclic) bond motifs is 3. The molecule has 1 aliphatic carbocycles. The first-order valence-corrected chi connectivity index (χ1v) is 8.14. The van der Waals surface area contributed by atoms with E-state index >= 15 is 0 Å². The van der Waals surface area contributed by atoms with Crippen LogP contribution in [0.4, 0.5) is 0 Å². The Balaban J connectivity index is 1.87. The molecule has 1 unspecified atom stereocenters. The fraction of sp³-hybridized carbons (Fsp3) is 0.300. The van der Waals surface area contributed by atoms with Gasteiger partial charge in [-0.15, -0.1) is 0 Å². The highest BCUT2D eigenvalue weighted by Crippen LogP contribution is 2.44. The predicted molar refractivity (Wildman–Crippen MR) is 92.0 cm³/mol. The lowest BCUT2D eigenvalue weighted by Gasteiger charge is -2.39. The van der Waals surface area contributed by atoms with Crippen LogP contribution in [0.1, 0.15) is 42.5 Å². The summed E-state index contributed by atoms with van der Waals surface area (Å²) in [5.74, 6) is 0.292. The lowest BCUT2D eigenvalue weighted by Crippen LogP contribution is -2.44. The van der Waals surface area contributed by atoms with Gasteiger partial charge >= 0.3 is 0 Å². The van der Waals surface area contributed by atoms with Gasteiger partial charge in [-0.05, 0) is 36.5 Å². The van der Waals surface area contributed by atoms with Crippen molar-refractivity contribution in [1.82, 2.24) is 4.98 Å². The Morgan fingerprint density at radius 3 is 2.59 bits per heavy atom. The Labute approximate surface area is 131 Å². The first kappa shape index (κ1) is 13.6. The molecule has 0 bridgehead atoms. The fourth-order valence-corrected chi connectivity index (χ4v) is 4.01. The molecule has 0 fully saturated rings. The van der Waals surface area contributed by atoms with Gasteiger partial charge in [-0.3, -0.25) is 0 Å². The molecule has 0 spiro atoms. The molecule has 3 aromatic rings. The largest absolute Gasteiger partial charge is 0.357 e. The van der Waals surface area contributed by atoms with E-state index in [1.165, 1.54) is 27.7 Å². The molecule has 0 saturated carbocycles. The maximum atomic E-state index is 6.98. The maximum absolute atomic E-state index is 6.98. The minimum absolute atomic E-state index is 0.292. The highest BCUT2D eigenvalue weighted by molar-refractivity contribution is 5.85. The van der Waals surface area contributed by atoms with Gasteiger partial charge in [-0.25, -0.2) is 0 Å². The molecule has 4 rings (SSSR count). The molecular formula is C20H22N2. The molecule has 0 radical (unpaired) electrons. The Morgan fingerprint density at radius 1 is 1.05 bits per heavy atom. The lowest BCUT2D eigenvalue weighted by molar-refractivity contribution is 0.310. The van der Waals surface area contributed by atoms with Crippen molar-refractivity contribution >= 4 is 10.9 Å². The van der Waals surface area contributed by atoms with Crippen LogP contribution in [0.3, 0.4) is 0 Å². The maximum Gasteiger partial charge on any atom is 0.0631 e. The van der Waals surface area contributed by atoms with Gasteiger partial charge in [-0.1, -0.05) is 55.5 Å². The smallest absolute Gasteiger partial charge is 0.0631 e. The number of H-pyrrole nitrogens is 1. The zero-order valence-electron chi connectivity index (χ0n) is 13.0. The first-order valence-electron chi connectivity index (χ1n) is 8.14. The van der Waals surface area contributed by atoms with E-state index in [2.05, 4.69) is 66.5 Å². The van der Waals surface area contributed by atoms with Gasteiger partial charge in [0.05, 0.1) is 5.54 Å². The van der Waals surface area contributed by atoms with Crippen molar-refractivity contribution in [2.24, 2.45) is 5.73 Å². The van der Waals surface area contributed by atoms with Crippen LogP contribution in [-0.4, -0.2) is 4.98 Å². The van der Waals surface area contributed by atoms with Crippen molar-refractivity contribution in [2.45, 2.75) is 37.6 Å². The van der Waals surface area contributed by atoms with Crippen LogP contribution in [0.5, 0.6) is 0 Å². The lowest BCUT2D eigenvalue weighted by atomic mass is 9.71. The zero-order valence-corrected chi connectivity index (χ0v) is 13.0. The van der Waals surface area contributed by atoms with Crippen molar-refractivity contribution in [3.05, 3.63) is 71.4 Å². The Kier molecular flexibility index (Phi) is 3.08. The molecule has 2 heteroatoms. The number of aromatic nitrogens is 1. The third kappa shape index (κ3) is 1.91. The number of hydrogen-bond donors (Lipinski definition) is 2. The molecule has 0 saturated heterocycles. The van der Waals surface area contributed by atoms with E-state index in [9.17, 15) is 0 Å². The van der Waals surface area contributed by atoms with Gasteiger partial charge in [0.15, 0.2) is 0 Å². The molecule has 0 aliphatic heterocycles. The summed E-state index contributed by atoms with van der Waals surface area (Å²) < 4.78 is 0. The molecule has 0 amide bonds. The molecule has 1 aromatic heterocycles. The number of para-hydroxylation sites is 1. The fourth-order valence-electron chi connectivity index (χ4n) is 4.01. The van der Waals surface area contributed by atoms with Crippen LogP contribution in [0.25, 0.3) is 10.9 Å². The average molecular weight is 290 g/mol. The number of benzene rings is 2. The number of hydrogen-bond acceptors (Lipinski definition) is 1. The van der Waals surface area contributed by atoms with Crippen molar-refractivity contribution in [1.29, 1.82) is 0 Å². The summed E-state index contributed by atoms with van der Waals surface area (Å²) in [6.45, 7) is 2.26. The van der Waals surface area contributed by atoms with E-state index in [1.54, 1.807) is 0 Å². The van der Waals surface area contributed by atoms with Gasteiger partial charge in [0, 0.05) is 22.5 Å². The molecule has 1 aliphatic rings. The van der Waals surface area contributed by atoms with Crippen LogP contribution in [-0.2, 0) is 12.0 Å². The van der Waals surface area contributed by atoms with E-state index in [0.29, 0.717) is 5.92 Å². The highest BCUT2D eigenvalue weighted by Gasteiger charge is 2.40. The van der Waals surface area contributed by atoms with E-state index in [1.807, 2.05) is 0 Å². The van der Waals surface area contributed by atoms with Crippen LogP contribution >= 0.6 is 0 Å². The summed E-state index contributed by atoms with van der Waals surface area (Å²) >= 11 is 0. The van der Waals surface area contributed by atoms with E-state index in [-0.39, 0.29) is 5.54 Å². The summed E-state index contributed by atoms with van der Waals surface area (Å²) in [6, 6.07) is 19.2. The van der Waals surface area contributed by atoms with Gasteiger partial charge in [0.25, 0.3) is 0 Å². The third-order valence-corrected chi connectivity index (χ3v) is 5.37. The Morgan fingerprint density at radius 2 is 1.77 bits per heavy atom. The SMILES string of the molecule is C[C@@H](c1ccccc1)C1(N)CCCc2c1[nH]c1ccccc21. The molecule has 22 heavy (non-hydrogen) atoms. The predicted octanol–water partition coefficient (Wildman–Crippen LogP) is 4.46. The summed E-state index contributed by atoms with van der Waals surface area (Å²) in [4.78, 5) is 3.63. The van der Waals surface area contributed by atoms with Crippen LogP contribution in [0.15, 0.2) is 54.6 Å². The molecule has 2 atom stereocenters. The number of aryl methyl sites for hydroxylation is 1. The topological polar surface area (TPSA) is 41.8 Å². The molecular weight excluding hydrogens is 268 g/mol. The summed E-state index contributed by atoms with van der Waals surface area (Å²) in [6.07, 6.45) is 3.31. The molecule has 112 valence electrons. The van der Waals surface area contributed by atoms with Crippen molar-refractivity contribution in [3.8, 4) is 0 Å². The Hall–Kier alpha value is -2.06. The summed E-state index contributed by atoms with van der Waals surface area (Å²) in [5.41, 5.74) is 11.9. The number of aromatic amines is 1. The van der Waals surface area contributed by atoms with Gasteiger partial charge in [0.1, 0.15) is 0 Å². The molecule has 2 aromatic carbocycles. The highest BCUT2D eigenvalue weighted by atomic mass is 14.9. The monoisotopic (exact) mass is 290 g/mol.